The second-order valence-electron chi connectivity index (χ2n) is 3.69. The molecule has 0 unspecified atom stereocenters. The maximum atomic E-state index is 11.0. The molecular weight excluding hydrogens is 154 g/mol. The third-order valence-corrected chi connectivity index (χ3v) is 2.86. The van der Waals surface area contributed by atoms with Crippen molar-refractivity contribution in [3.05, 3.63) is 0 Å². The van der Waals surface area contributed by atoms with Crippen molar-refractivity contribution in [1.29, 1.82) is 0 Å². The van der Waals surface area contributed by atoms with Crippen LogP contribution in [0.2, 0.25) is 0 Å². The fraction of sp³-hybridized carbons (Fsp3) is 0.889. The zero-order chi connectivity index (χ0) is 9.19. The molecule has 0 bridgehead atoms. The van der Waals surface area contributed by atoms with Gasteiger partial charge in [0.25, 0.3) is 0 Å². The van der Waals surface area contributed by atoms with Gasteiger partial charge in [-0.2, -0.15) is 0 Å². The van der Waals surface area contributed by atoms with Crippen LogP contribution in [0, 0.1) is 5.41 Å². The molecule has 2 N–H and O–H groups in total. The van der Waals surface area contributed by atoms with Crippen LogP contribution in [0.1, 0.15) is 32.6 Å². The van der Waals surface area contributed by atoms with Crippen LogP contribution in [0.15, 0.2) is 0 Å². The summed E-state index contributed by atoms with van der Waals surface area (Å²) in [6, 6.07) is -0.419. The molecule has 0 aromatic rings. The van der Waals surface area contributed by atoms with Gasteiger partial charge in [-0.1, -0.05) is 13.3 Å². The molecule has 0 amide bonds. The van der Waals surface area contributed by atoms with Crippen LogP contribution in [0.3, 0.4) is 0 Å². The molecule has 1 fully saturated rings. The summed E-state index contributed by atoms with van der Waals surface area (Å²) in [5.41, 5.74) is 6.02. The lowest BCUT2D eigenvalue weighted by Gasteiger charge is -2.16. The van der Waals surface area contributed by atoms with Crippen molar-refractivity contribution in [1.82, 2.24) is 0 Å². The van der Waals surface area contributed by atoms with Crippen molar-refractivity contribution in [2.45, 2.75) is 38.6 Å². The van der Waals surface area contributed by atoms with E-state index in [1.807, 2.05) is 0 Å². The Morgan fingerprint density at radius 3 is 2.58 bits per heavy atom. The first-order valence-electron chi connectivity index (χ1n) is 4.47. The van der Waals surface area contributed by atoms with Crippen molar-refractivity contribution >= 4 is 5.97 Å². The number of nitrogens with two attached hydrogens (primary N) is 1. The van der Waals surface area contributed by atoms with E-state index in [9.17, 15) is 4.79 Å². The Morgan fingerprint density at radius 2 is 2.25 bits per heavy atom. The minimum absolute atomic E-state index is 0.283. The van der Waals surface area contributed by atoms with Gasteiger partial charge in [0.2, 0.25) is 0 Å². The van der Waals surface area contributed by atoms with Gasteiger partial charge in [0.05, 0.1) is 7.11 Å². The van der Waals surface area contributed by atoms with E-state index in [0.717, 1.165) is 12.8 Å². The number of carbonyl (C=O) groups excluding carboxylic acids is 1. The smallest absolute Gasteiger partial charge is 0.322 e. The normalized spacial score (nSPS) is 21.6. The molecular formula is C9H17NO2. The fourth-order valence-corrected chi connectivity index (χ4v) is 1.58. The zero-order valence-electron chi connectivity index (χ0n) is 7.80. The van der Waals surface area contributed by atoms with Crippen LogP contribution < -0.4 is 5.73 Å². The number of rotatable bonds is 4. The molecule has 1 saturated carbocycles. The van der Waals surface area contributed by atoms with E-state index in [4.69, 9.17) is 5.73 Å². The Hall–Kier alpha value is -0.570. The number of ether oxygens (including phenoxy) is 1. The van der Waals surface area contributed by atoms with E-state index >= 15 is 0 Å². The van der Waals surface area contributed by atoms with Gasteiger partial charge < -0.3 is 10.5 Å². The van der Waals surface area contributed by atoms with Crippen LogP contribution >= 0.6 is 0 Å². The topological polar surface area (TPSA) is 52.3 Å². The quantitative estimate of drug-likeness (QED) is 0.644. The lowest BCUT2D eigenvalue weighted by molar-refractivity contribution is -0.142. The van der Waals surface area contributed by atoms with Gasteiger partial charge in [-0.05, 0) is 24.7 Å². The molecule has 1 rings (SSSR count). The first-order valence-corrected chi connectivity index (χ1v) is 4.47. The molecule has 0 spiro atoms. The van der Waals surface area contributed by atoms with E-state index in [1.165, 1.54) is 20.0 Å². The van der Waals surface area contributed by atoms with E-state index in [0.29, 0.717) is 5.41 Å². The summed E-state index contributed by atoms with van der Waals surface area (Å²) in [7, 11) is 1.38. The summed E-state index contributed by atoms with van der Waals surface area (Å²) in [5.74, 6) is -0.283. The van der Waals surface area contributed by atoms with Gasteiger partial charge in [0.15, 0.2) is 0 Å². The van der Waals surface area contributed by atoms with Gasteiger partial charge in [0.1, 0.15) is 6.04 Å². The Labute approximate surface area is 73.3 Å². The van der Waals surface area contributed by atoms with E-state index in [-0.39, 0.29) is 5.97 Å². The molecule has 0 aliphatic heterocycles. The molecule has 0 aromatic carbocycles. The molecule has 70 valence electrons. The largest absolute Gasteiger partial charge is 0.468 e. The molecule has 1 aliphatic carbocycles. The van der Waals surface area contributed by atoms with Crippen molar-refractivity contribution in [3.8, 4) is 0 Å². The minimum atomic E-state index is -0.419. The van der Waals surface area contributed by atoms with Crippen LogP contribution in [0.4, 0.5) is 0 Å². The number of hydrogen-bond acceptors (Lipinski definition) is 3. The van der Waals surface area contributed by atoms with Crippen molar-refractivity contribution in [2.75, 3.05) is 7.11 Å². The Balaban J connectivity index is 2.35. The van der Waals surface area contributed by atoms with Gasteiger partial charge >= 0.3 is 5.97 Å². The second-order valence-corrected chi connectivity index (χ2v) is 3.69. The predicted octanol–water partition coefficient (Wildman–Crippen LogP) is 1.07. The molecule has 0 aromatic heterocycles. The summed E-state index contributed by atoms with van der Waals surface area (Å²) in [5, 5.41) is 0. The SMILES string of the molecule is CCC1(C[C@H](N)C(=O)OC)CC1. The van der Waals surface area contributed by atoms with E-state index in [1.54, 1.807) is 0 Å². The van der Waals surface area contributed by atoms with Gasteiger partial charge in [-0.3, -0.25) is 4.79 Å². The number of methoxy groups -OCH3 is 1. The average Bonchev–Trinajstić information content (AvgIpc) is 2.84. The van der Waals surface area contributed by atoms with Gasteiger partial charge in [0, 0.05) is 0 Å². The highest BCUT2D eigenvalue weighted by Crippen LogP contribution is 2.52. The standard InChI is InChI=1S/C9H17NO2/c1-3-9(4-5-9)6-7(10)8(11)12-2/h7H,3-6,10H2,1-2H3/t7-/m0/s1. The maximum absolute atomic E-state index is 11.0. The fourth-order valence-electron chi connectivity index (χ4n) is 1.58. The average molecular weight is 171 g/mol. The van der Waals surface area contributed by atoms with E-state index in [2.05, 4.69) is 11.7 Å². The predicted molar refractivity (Wildman–Crippen MR) is 46.6 cm³/mol. The number of hydrogen-bond donors (Lipinski definition) is 1. The first kappa shape index (κ1) is 9.52. The van der Waals surface area contributed by atoms with Crippen molar-refractivity contribution in [3.63, 3.8) is 0 Å². The summed E-state index contributed by atoms with van der Waals surface area (Å²) >= 11 is 0. The lowest BCUT2D eigenvalue weighted by atomic mass is 9.95. The van der Waals surface area contributed by atoms with Crippen LogP contribution in [-0.2, 0) is 9.53 Å². The van der Waals surface area contributed by atoms with Crippen molar-refractivity contribution in [2.24, 2.45) is 11.1 Å². The molecule has 1 atom stereocenters. The number of carbonyl (C=O) groups is 1. The number of esters is 1. The molecule has 0 heterocycles. The zero-order valence-corrected chi connectivity index (χ0v) is 7.80. The highest BCUT2D eigenvalue weighted by Gasteiger charge is 2.42. The molecule has 1 aliphatic rings. The molecule has 0 radical (unpaired) electrons. The maximum Gasteiger partial charge on any atom is 0.322 e. The molecule has 0 saturated heterocycles. The molecule has 3 nitrogen and oxygen atoms in total. The summed E-state index contributed by atoms with van der Waals surface area (Å²) < 4.78 is 4.57. The van der Waals surface area contributed by atoms with Crippen LogP contribution in [0.25, 0.3) is 0 Å². The Bertz CT molecular complexity index is 175. The highest BCUT2D eigenvalue weighted by molar-refractivity contribution is 5.75. The highest BCUT2D eigenvalue weighted by atomic mass is 16.5. The molecule has 12 heavy (non-hydrogen) atoms. The monoisotopic (exact) mass is 171 g/mol. The summed E-state index contributed by atoms with van der Waals surface area (Å²) in [6.45, 7) is 2.15. The lowest BCUT2D eigenvalue weighted by Crippen LogP contribution is -2.34. The first-order chi connectivity index (χ1) is 5.63. The second kappa shape index (κ2) is 3.44. The van der Waals surface area contributed by atoms with E-state index < -0.39 is 6.04 Å². The van der Waals surface area contributed by atoms with Gasteiger partial charge in [-0.25, -0.2) is 0 Å². The molecule has 3 heteroatoms. The van der Waals surface area contributed by atoms with Crippen LogP contribution in [0.5, 0.6) is 0 Å². The van der Waals surface area contributed by atoms with Gasteiger partial charge in [-0.15, -0.1) is 0 Å². The minimum Gasteiger partial charge on any atom is -0.468 e. The van der Waals surface area contributed by atoms with Crippen LogP contribution in [-0.4, -0.2) is 19.1 Å². The third-order valence-electron chi connectivity index (χ3n) is 2.86. The summed E-state index contributed by atoms with van der Waals surface area (Å²) in [6.07, 6.45) is 4.34. The Kier molecular flexibility index (Phi) is 2.73. The Morgan fingerprint density at radius 1 is 1.67 bits per heavy atom. The van der Waals surface area contributed by atoms with Crippen molar-refractivity contribution < 1.29 is 9.53 Å². The third kappa shape index (κ3) is 1.97. The summed E-state index contributed by atoms with van der Waals surface area (Å²) in [4.78, 5) is 11.0.